The number of nitrogens with one attached hydrogen (secondary N) is 1. The van der Waals surface area contributed by atoms with E-state index in [9.17, 15) is 13.2 Å². The molecule has 6 rings (SSSR count). The van der Waals surface area contributed by atoms with Crippen LogP contribution in [-0.4, -0.2) is 48.5 Å². The summed E-state index contributed by atoms with van der Waals surface area (Å²) in [6.45, 7) is -1.81. The zero-order valence-corrected chi connectivity index (χ0v) is 20.9. The molecular formula is C27H30F3N3O4. The molecular weight excluding hydrogens is 487 g/mol. The first-order chi connectivity index (χ1) is 17.8. The monoisotopic (exact) mass is 517 g/mol. The van der Waals surface area contributed by atoms with Crippen molar-refractivity contribution in [3.05, 3.63) is 53.5 Å². The van der Waals surface area contributed by atoms with E-state index in [1.54, 1.807) is 24.3 Å². The van der Waals surface area contributed by atoms with E-state index in [2.05, 4.69) is 20.0 Å². The van der Waals surface area contributed by atoms with Crippen molar-refractivity contribution in [2.24, 2.45) is 0 Å². The average Bonchev–Trinajstić information content (AvgIpc) is 2.92. The normalized spacial score (nSPS) is 23.0. The van der Waals surface area contributed by atoms with Gasteiger partial charge in [0, 0.05) is 23.7 Å². The molecule has 198 valence electrons. The second-order valence-corrected chi connectivity index (χ2v) is 9.78. The third-order valence-electron chi connectivity index (χ3n) is 7.66. The number of methoxy groups -OCH3 is 2. The summed E-state index contributed by atoms with van der Waals surface area (Å²) >= 11 is 0. The predicted molar refractivity (Wildman–Crippen MR) is 131 cm³/mol. The summed E-state index contributed by atoms with van der Waals surface area (Å²) in [5.41, 5.74) is 2.16. The van der Waals surface area contributed by atoms with Gasteiger partial charge in [-0.2, -0.15) is 8.78 Å². The van der Waals surface area contributed by atoms with Gasteiger partial charge in [-0.05, 0) is 62.3 Å². The summed E-state index contributed by atoms with van der Waals surface area (Å²) in [5, 5.41) is 3.63. The molecule has 0 amide bonds. The van der Waals surface area contributed by atoms with Gasteiger partial charge in [-0.1, -0.05) is 6.07 Å². The zero-order valence-electron chi connectivity index (χ0n) is 20.9. The molecule has 0 spiro atoms. The van der Waals surface area contributed by atoms with Crippen molar-refractivity contribution in [3.63, 3.8) is 0 Å². The van der Waals surface area contributed by atoms with Crippen molar-refractivity contribution in [2.45, 2.75) is 62.8 Å². The lowest BCUT2D eigenvalue weighted by atomic mass is 9.69. The lowest BCUT2D eigenvalue weighted by Crippen LogP contribution is -2.61. The maximum absolute atomic E-state index is 14.8. The topological polar surface area (TPSA) is 74.7 Å². The summed E-state index contributed by atoms with van der Waals surface area (Å²) in [5.74, 6) is 0.334. The van der Waals surface area contributed by atoms with Crippen molar-refractivity contribution in [1.29, 1.82) is 0 Å². The van der Waals surface area contributed by atoms with Crippen LogP contribution in [0.15, 0.2) is 36.5 Å². The van der Waals surface area contributed by atoms with E-state index >= 15 is 0 Å². The van der Waals surface area contributed by atoms with Crippen LogP contribution in [0.25, 0.3) is 11.0 Å². The third kappa shape index (κ3) is 5.31. The molecule has 1 saturated carbocycles. The molecule has 1 N–H and O–H groups in total. The van der Waals surface area contributed by atoms with Crippen LogP contribution < -0.4 is 19.5 Å². The van der Waals surface area contributed by atoms with E-state index < -0.39 is 6.61 Å². The maximum atomic E-state index is 14.8. The number of hydrogen-bond acceptors (Lipinski definition) is 7. The fourth-order valence-corrected chi connectivity index (χ4v) is 5.40. The zero-order chi connectivity index (χ0) is 26.0. The van der Waals surface area contributed by atoms with Crippen LogP contribution in [0.4, 0.5) is 13.2 Å². The van der Waals surface area contributed by atoms with E-state index in [-0.39, 0.29) is 28.5 Å². The Labute approximate surface area is 213 Å². The number of aryl methyl sites for hydroxylation is 1. The number of alkyl halides is 2. The van der Waals surface area contributed by atoms with Crippen LogP contribution in [0, 0.1) is 5.82 Å². The van der Waals surface area contributed by atoms with Crippen molar-refractivity contribution < 1.29 is 32.1 Å². The number of ether oxygens (including phenoxy) is 4. The molecule has 3 fully saturated rings. The van der Waals surface area contributed by atoms with E-state index in [4.69, 9.17) is 14.2 Å². The number of halogens is 3. The lowest BCUT2D eigenvalue weighted by Gasteiger charge is -2.53. The summed E-state index contributed by atoms with van der Waals surface area (Å²) in [6, 6.07) is 8.45. The van der Waals surface area contributed by atoms with Gasteiger partial charge in [0.25, 0.3) is 0 Å². The number of aromatic nitrogens is 2. The van der Waals surface area contributed by atoms with Gasteiger partial charge in [-0.3, -0.25) is 4.98 Å². The fraction of sp³-hybridized carbons (Fsp3) is 0.481. The molecule has 4 heterocycles. The Bertz CT molecular complexity index is 1250. The van der Waals surface area contributed by atoms with E-state index in [1.807, 2.05) is 0 Å². The number of fused-ring (bicyclic) bond motifs is 4. The Morgan fingerprint density at radius 3 is 2.54 bits per heavy atom. The molecule has 2 aromatic heterocycles. The molecule has 0 unspecified atom stereocenters. The van der Waals surface area contributed by atoms with Gasteiger partial charge in [0.2, 0.25) is 5.88 Å². The first-order valence-electron chi connectivity index (χ1n) is 12.3. The molecule has 0 radical (unpaired) electrons. The third-order valence-corrected chi connectivity index (χ3v) is 7.66. The molecule has 2 bridgehead atoms. The molecule has 1 aliphatic carbocycles. The molecule has 37 heavy (non-hydrogen) atoms. The maximum Gasteiger partial charge on any atom is 0.387 e. The van der Waals surface area contributed by atoms with Crippen LogP contribution in [0.5, 0.6) is 17.4 Å². The largest absolute Gasteiger partial charge is 0.493 e. The standard InChI is InChI=1S/C27H30F3N3O4/c1-34-22-13-17(3-5-21(22)37-25(29)30)14-32-26-9-11-27(12-10-26,36-16-26)8-7-18-19(28)15-31-20-4-6-23(35-2)33-24(18)20/h3-6,13,15,25,32H,7-12,14,16H2,1-2H3. The number of benzene rings is 1. The molecule has 2 aliphatic heterocycles. The molecule has 10 heteroatoms. The van der Waals surface area contributed by atoms with E-state index in [0.29, 0.717) is 48.5 Å². The van der Waals surface area contributed by atoms with Crippen molar-refractivity contribution in [1.82, 2.24) is 15.3 Å². The van der Waals surface area contributed by atoms with Crippen LogP contribution in [-0.2, 0) is 17.7 Å². The molecule has 2 saturated heterocycles. The highest BCUT2D eigenvalue weighted by Gasteiger charge is 2.49. The SMILES string of the molecule is COc1ccc2ncc(F)c(CCC34CCC(NCc5ccc(OC(F)F)c(OC)c5)(CC3)CO4)c2n1. The first-order valence-corrected chi connectivity index (χ1v) is 12.3. The van der Waals surface area contributed by atoms with Gasteiger partial charge in [0.15, 0.2) is 11.5 Å². The Kier molecular flexibility index (Phi) is 7.13. The Balaban J connectivity index is 1.21. The van der Waals surface area contributed by atoms with Crippen LogP contribution >= 0.6 is 0 Å². The van der Waals surface area contributed by atoms with Crippen molar-refractivity contribution in [3.8, 4) is 17.4 Å². The molecule has 3 aromatic rings. The first kappa shape index (κ1) is 25.5. The fourth-order valence-electron chi connectivity index (χ4n) is 5.40. The summed E-state index contributed by atoms with van der Waals surface area (Å²) < 4.78 is 61.3. The summed E-state index contributed by atoms with van der Waals surface area (Å²) in [4.78, 5) is 8.60. The van der Waals surface area contributed by atoms with Crippen molar-refractivity contribution in [2.75, 3.05) is 20.8 Å². The second kappa shape index (κ2) is 10.3. The van der Waals surface area contributed by atoms with Gasteiger partial charge in [0.05, 0.1) is 43.7 Å². The quantitative estimate of drug-likeness (QED) is 0.397. The highest BCUT2D eigenvalue weighted by atomic mass is 19.3. The van der Waals surface area contributed by atoms with Gasteiger partial charge < -0.3 is 24.3 Å². The minimum atomic E-state index is -2.91. The number of rotatable bonds is 10. The van der Waals surface area contributed by atoms with Crippen molar-refractivity contribution >= 4 is 11.0 Å². The predicted octanol–water partition coefficient (Wildman–Crippen LogP) is 5.19. The van der Waals surface area contributed by atoms with Crippen LogP contribution in [0.2, 0.25) is 0 Å². The highest BCUT2D eigenvalue weighted by Crippen LogP contribution is 2.46. The average molecular weight is 518 g/mol. The Hall–Kier alpha value is -3.11. The van der Waals surface area contributed by atoms with Gasteiger partial charge in [-0.15, -0.1) is 0 Å². The second-order valence-electron chi connectivity index (χ2n) is 9.78. The minimum Gasteiger partial charge on any atom is -0.493 e. The van der Waals surface area contributed by atoms with Crippen LogP contribution in [0.3, 0.4) is 0 Å². The Morgan fingerprint density at radius 1 is 1.05 bits per heavy atom. The van der Waals surface area contributed by atoms with Gasteiger partial charge in [0.1, 0.15) is 5.82 Å². The van der Waals surface area contributed by atoms with E-state index in [1.165, 1.54) is 26.5 Å². The summed E-state index contributed by atoms with van der Waals surface area (Å²) in [6.07, 6.45) is 6.05. The minimum absolute atomic E-state index is 0.00918. The smallest absolute Gasteiger partial charge is 0.387 e. The molecule has 0 atom stereocenters. The molecule has 3 aliphatic rings. The van der Waals surface area contributed by atoms with Gasteiger partial charge >= 0.3 is 6.61 Å². The number of hydrogen-bond donors (Lipinski definition) is 1. The molecule has 7 nitrogen and oxygen atoms in total. The molecule has 1 aromatic carbocycles. The Morgan fingerprint density at radius 2 is 1.86 bits per heavy atom. The number of pyridine rings is 2. The highest BCUT2D eigenvalue weighted by molar-refractivity contribution is 5.78. The van der Waals surface area contributed by atoms with E-state index in [0.717, 1.165) is 31.2 Å². The number of nitrogens with zero attached hydrogens (tertiary/aromatic N) is 2. The summed E-state index contributed by atoms with van der Waals surface area (Å²) in [7, 11) is 2.96. The van der Waals surface area contributed by atoms with Crippen LogP contribution in [0.1, 0.15) is 43.2 Å². The van der Waals surface area contributed by atoms with Gasteiger partial charge in [-0.25, -0.2) is 9.37 Å². The lowest BCUT2D eigenvalue weighted by molar-refractivity contribution is -0.165.